The second-order valence-electron chi connectivity index (χ2n) is 6.15. The van der Waals surface area contributed by atoms with E-state index in [0.29, 0.717) is 40.0 Å². The molecule has 2 N–H and O–H groups in total. The fourth-order valence-corrected chi connectivity index (χ4v) is 2.89. The zero-order chi connectivity index (χ0) is 20.1. The molecule has 4 aromatic rings. The fourth-order valence-electron chi connectivity index (χ4n) is 2.76. The van der Waals surface area contributed by atoms with E-state index in [1.165, 1.54) is 0 Å². The molecule has 4 rings (SSSR count). The number of ether oxygens (including phenoxy) is 1. The average Bonchev–Trinajstić information content (AvgIpc) is 3.29. The van der Waals surface area contributed by atoms with Gasteiger partial charge < -0.3 is 10.1 Å². The number of carbonyl (C=O) groups excluding carboxylic acids is 1. The number of anilines is 1. The summed E-state index contributed by atoms with van der Waals surface area (Å²) in [7, 11) is 0. The fraction of sp³-hybridized carbons (Fsp3) is 0.0476. The number of H-pyrrole nitrogens is 1. The highest BCUT2D eigenvalue weighted by Crippen LogP contribution is 2.35. The van der Waals surface area contributed by atoms with E-state index in [1.54, 1.807) is 54.6 Å². The van der Waals surface area contributed by atoms with Crippen LogP contribution in [0, 0.1) is 0 Å². The highest BCUT2D eigenvalue weighted by atomic mass is 35.5. The lowest BCUT2D eigenvalue weighted by Gasteiger charge is -2.15. The third-order valence-electron chi connectivity index (χ3n) is 4.19. The van der Waals surface area contributed by atoms with Gasteiger partial charge in [0, 0.05) is 10.6 Å². The Bertz CT molecular complexity index is 1100. The van der Waals surface area contributed by atoms with Gasteiger partial charge in [-0.05, 0) is 47.2 Å². The van der Waals surface area contributed by atoms with E-state index >= 15 is 0 Å². The molecule has 0 bridgehead atoms. The van der Waals surface area contributed by atoms with Crippen molar-refractivity contribution in [1.29, 1.82) is 0 Å². The largest absolute Gasteiger partial charge is 0.487 e. The van der Waals surface area contributed by atoms with Crippen LogP contribution in [0.1, 0.15) is 15.9 Å². The van der Waals surface area contributed by atoms with Crippen molar-refractivity contribution in [3.63, 3.8) is 0 Å². The third-order valence-corrected chi connectivity index (χ3v) is 4.45. The molecule has 0 atom stereocenters. The molecule has 0 aliphatic heterocycles. The molecule has 0 saturated heterocycles. The number of halogens is 1. The summed E-state index contributed by atoms with van der Waals surface area (Å²) in [6.07, 6.45) is 0. The van der Waals surface area contributed by atoms with Gasteiger partial charge in [0.1, 0.15) is 12.4 Å². The molecular weight excluding hydrogens is 390 g/mol. The Kier molecular flexibility index (Phi) is 5.49. The summed E-state index contributed by atoms with van der Waals surface area (Å²) in [6, 6.07) is 21.7. The Hall–Kier alpha value is -3.71. The number of carbonyl (C=O) groups is 1. The van der Waals surface area contributed by atoms with Crippen LogP contribution in [0.3, 0.4) is 0 Å². The predicted octanol–water partition coefficient (Wildman–Crippen LogP) is 4.35. The number of nitrogens with one attached hydrogen (secondary N) is 2. The lowest BCUT2D eigenvalue weighted by atomic mass is 10.1. The zero-order valence-corrected chi connectivity index (χ0v) is 15.9. The maximum atomic E-state index is 12.8. The summed E-state index contributed by atoms with van der Waals surface area (Å²) in [4.78, 5) is 12.8. The van der Waals surface area contributed by atoms with Gasteiger partial charge in [-0.1, -0.05) is 48.0 Å². The van der Waals surface area contributed by atoms with Gasteiger partial charge in [-0.3, -0.25) is 4.79 Å². The molecule has 3 aromatic carbocycles. The summed E-state index contributed by atoms with van der Waals surface area (Å²) < 4.78 is 5.99. The molecule has 0 aliphatic carbocycles. The lowest BCUT2D eigenvalue weighted by molar-refractivity contribution is 0.102. The molecule has 0 spiro atoms. The van der Waals surface area contributed by atoms with Gasteiger partial charge in [0.2, 0.25) is 5.82 Å². The van der Waals surface area contributed by atoms with E-state index in [9.17, 15) is 4.79 Å². The second kappa shape index (κ2) is 8.53. The van der Waals surface area contributed by atoms with Crippen molar-refractivity contribution in [2.24, 2.45) is 0 Å². The molecule has 0 saturated carbocycles. The number of nitrogens with zero attached hydrogens (tertiary/aromatic N) is 3. The van der Waals surface area contributed by atoms with Gasteiger partial charge >= 0.3 is 0 Å². The van der Waals surface area contributed by atoms with E-state index in [2.05, 4.69) is 25.9 Å². The third kappa shape index (κ3) is 4.41. The maximum absolute atomic E-state index is 12.8. The molecule has 144 valence electrons. The van der Waals surface area contributed by atoms with Gasteiger partial charge in [-0.15, -0.1) is 10.2 Å². The minimum atomic E-state index is -0.266. The zero-order valence-electron chi connectivity index (χ0n) is 15.2. The normalized spacial score (nSPS) is 10.5. The number of aromatic amines is 1. The van der Waals surface area contributed by atoms with Gasteiger partial charge in [0.25, 0.3) is 5.91 Å². The lowest BCUT2D eigenvalue weighted by Crippen LogP contribution is -2.14. The summed E-state index contributed by atoms with van der Waals surface area (Å²) in [5.41, 5.74) is 2.53. The van der Waals surface area contributed by atoms with Crippen molar-refractivity contribution in [2.45, 2.75) is 6.61 Å². The first-order valence-corrected chi connectivity index (χ1v) is 9.19. The van der Waals surface area contributed by atoms with E-state index in [1.807, 2.05) is 18.2 Å². The maximum Gasteiger partial charge on any atom is 0.255 e. The molecule has 1 aromatic heterocycles. The summed E-state index contributed by atoms with van der Waals surface area (Å²) in [6.45, 7) is 0.307. The molecule has 1 amide bonds. The van der Waals surface area contributed by atoms with Crippen LogP contribution in [-0.4, -0.2) is 26.5 Å². The van der Waals surface area contributed by atoms with Crippen molar-refractivity contribution in [3.05, 3.63) is 88.9 Å². The Morgan fingerprint density at radius 2 is 1.79 bits per heavy atom. The first-order valence-electron chi connectivity index (χ1n) is 8.81. The smallest absolute Gasteiger partial charge is 0.255 e. The van der Waals surface area contributed by atoms with E-state index in [0.717, 1.165) is 5.56 Å². The summed E-state index contributed by atoms with van der Waals surface area (Å²) >= 11 is 5.94. The van der Waals surface area contributed by atoms with Gasteiger partial charge in [0.05, 0.1) is 11.3 Å². The topological polar surface area (TPSA) is 92.8 Å². The van der Waals surface area contributed by atoms with Crippen molar-refractivity contribution < 1.29 is 9.53 Å². The van der Waals surface area contributed by atoms with Crippen molar-refractivity contribution >= 4 is 23.2 Å². The number of rotatable bonds is 6. The second-order valence-corrected chi connectivity index (χ2v) is 6.59. The Morgan fingerprint density at radius 3 is 2.52 bits per heavy atom. The molecule has 0 aliphatic rings. The molecule has 0 fully saturated rings. The highest BCUT2D eigenvalue weighted by molar-refractivity contribution is 6.30. The summed E-state index contributed by atoms with van der Waals surface area (Å²) in [5, 5.41) is 17.7. The number of hydrogen-bond acceptors (Lipinski definition) is 5. The first kappa shape index (κ1) is 18.6. The number of tetrazole rings is 1. The molecule has 0 radical (unpaired) electrons. The quantitative estimate of drug-likeness (QED) is 0.497. The number of benzene rings is 3. The van der Waals surface area contributed by atoms with Crippen LogP contribution in [0.4, 0.5) is 5.69 Å². The van der Waals surface area contributed by atoms with Gasteiger partial charge in [-0.25, -0.2) is 0 Å². The number of amides is 1. The Labute approximate surface area is 171 Å². The molecular formula is C21H16ClN5O2. The van der Waals surface area contributed by atoms with Crippen molar-refractivity contribution in [3.8, 4) is 17.1 Å². The van der Waals surface area contributed by atoms with Crippen LogP contribution >= 0.6 is 11.6 Å². The van der Waals surface area contributed by atoms with Crippen LogP contribution in [0.5, 0.6) is 5.75 Å². The van der Waals surface area contributed by atoms with Crippen LogP contribution in [0.2, 0.25) is 5.02 Å². The van der Waals surface area contributed by atoms with Crippen LogP contribution in [0.15, 0.2) is 72.8 Å². The van der Waals surface area contributed by atoms with Crippen molar-refractivity contribution in [2.75, 3.05) is 5.32 Å². The van der Waals surface area contributed by atoms with E-state index in [4.69, 9.17) is 16.3 Å². The molecule has 0 unspecified atom stereocenters. The monoisotopic (exact) mass is 405 g/mol. The van der Waals surface area contributed by atoms with E-state index in [-0.39, 0.29) is 5.91 Å². The molecule has 8 heteroatoms. The molecule has 7 nitrogen and oxygen atoms in total. The molecule has 29 heavy (non-hydrogen) atoms. The SMILES string of the molecule is O=C(Nc1c(OCc2ccc(Cl)cc2)cccc1-c1nn[nH]n1)c1ccccc1. The molecule has 1 heterocycles. The number of para-hydroxylation sites is 1. The minimum absolute atomic E-state index is 0.266. The standard InChI is InChI=1S/C21H16ClN5O2/c22-16-11-9-14(10-12-16)13-29-18-8-4-7-17(20-24-26-27-25-20)19(18)23-21(28)15-5-2-1-3-6-15/h1-12H,13H2,(H,23,28)(H,24,25,26,27). The van der Waals surface area contributed by atoms with Crippen LogP contribution in [-0.2, 0) is 6.61 Å². The highest BCUT2D eigenvalue weighted by Gasteiger charge is 2.18. The Morgan fingerprint density at radius 1 is 1.00 bits per heavy atom. The van der Waals surface area contributed by atoms with Gasteiger partial charge in [0.15, 0.2) is 0 Å². The van der Waals surface area contributed by atoms with Crippen LogP contribution in [0.25, 0.3) is 11.4 Å². The summed E-state index contributed by atoms with van der Waals surface area (Å²) in [5.74, 6) is 0.578. The predicted molar refractivity (Wildman–Crippen MR) is 110 cm³/mol. The van der Waals surface area contributed by atoms with Gasteiger partial charge in [-0.2, -0.15) is 5.21 Å². The number of aromatic nitrogens is 4. The van der Waals surface area contributed by atoms with E-state index < -0.39 is 0 Å². The minimum Gasteiger partial charge on any atom is -0.487 e. The first-order chi connectivity index (χ1) is 14.2. The number of hydrogen-bond donors (Lipinski definition) is 2. The average molecular weight is 406 g/mol. The van der Waals surface area contributed by atoms with Crippen LogP contribution < -0.4 is 10.1 Å². The van der Waals surface area contributed by atoms with Crippen molar-refractivity contribution in [1.82, 2.24) is 20.6 Å². The Balaban J connectivity index is 1.66.